The van der Waals surface area contributed by atoms with Crippen molar-refractivity contribution in [2.45, 2.75) is 25.1 Å². The lowest BCUT2D eigenvalue weighted by Gasteiger charge is -2.35. The number of carbonyl (C=O) groups is 1. The van der Waals surface area contributed by atoms with E-state index in [4.69, 9.17) is 4.99 Å². The smallest absolute Gasteiger partial charge is 0.257 e. The Kier molecular flexibility index (Phi) is 6.04. The molecule has 1 amide bonds. The number of nitrogens with zero attached hydrogens (tertiary/aromatic N) is 4. The van der Waals surface area contributed by atoms with Gasteiger partial charge < -0.3 is 10.2 Å². The number of amides is 1. The summed E-state index contributed by atoms with van der Waals surface area (Å²) in [6.45, 7) is 3.55. The van der Waals surface area contributed by atoms with Crippen molar-refractivity contribution in [2.75, 3.05) is 23.7 Å². The monoisotopic (exact) mass is 493 g/mol. The van der Waals surface area contributed by atoms with E-state index in [9.17, 15) is 13.6 Å². The SMILES string of the molecule is CC(C)(F)c1nc(N2C[C@H]3CSC(NC(=O)c4ccccc4)=N[C@@]3(c3ccccc3)C2)ncc1F. The summed E-state index contributed by atoms with van der Waals surface area (Å²) in [5.41, 5.74) is -1.29. The van der Waals surface area contributed by atoms with Crippen molar-refractivity contribution in [3.63, 3.8) is 0 Å². The third-order valence-electron chi connectivity index (χ3n) is 6.38. The van der Waals surface area contributed by atoms with Crippen LogP contribution in [0.3, 0.4) is 0 Å². The summed E-state index contributed by atoms with van der Waals surface area (Å²) in [6, 6.07) is 18.9. The molecule has 2 aliphatic rings. The Labute approximate surface area is 206 Å². The van der Waals surface area contributed by atoms with Gasteiger partial charge >= 0.3 is 0 Å². The highest BCUT2D eigenvalue weighted by Gasteiger charge is 2.51. The second-order valence-corrected chi connectivity index (χ2v) is 10.3. The van der Waals surface area contributed by atoms with E-state index in [1.807, 2.05) is 53.4 Å². The average Bonchev–Trinajstić information content (AvgIpc) is 3.25. The summed E-state index contributed by atoms with van der Waals surface area (Å²) < 4.78 is 28.8. The highest BCUT2D eigenvalue weighted by Crippen LogP contribution is 2.46. The average molecular weight is 494 g/mol. The molecule has 1 N–H and O–H groups in total. The first kappa shape index (κ1) is 23.4. The highest BCUT2D eigenvalue weighted by atomic mass is 32.2. The summed E-state index contributed by atoms with van der Waals surface area (Å²) in [4.78, 5) is 28.2. The number of carbonyl (C=O) groups excluding carboxylic acids is 1. The minimum atomic E-state index is -1.94. The topological polar surface area (TPSA) is 70.5 Å². The molecule has 180 valence electrons. The molecule has 2 atom stereocenters. The Morgan fingerprint density at radius 1 is 1.14 bits per heavy atom. The molecule has 0 saturated carbocycles. The molecule has 0 radical (unpaired) electrons. The zero-order valence-corrected chi connectivity index (χ0v) is 20.2. The van der Waals surface area contributed by atoms with Crippen LogP contribution in [-0.4, -0.2) is 39.9 Å². The van der Waals surface area contributed by atoms with Gasteiger partial charge in [0.2, 0.25) is 5.95 Å². The van der Waals surface area contributed by atoms with Crippen molar-refractivity contribution in [3.8, 4) is 0 Å². The minimum absolute atomic E-state index is 0.0859. The van der Waals surface area contributed by atoms with Gasteiger partial charge in [-0.2, -0.15) is 0 Å². The zero-order valence-electron chi connectivity index (χ0n) is 19.4. The molecule has 6 nitrogen and oxygen atoms in total. The maximum atomic E-state index is 14.6. The number of hydrogen-bond donors (Lipinski definition) is 1. The Balaban J connectivity index is 1.50. The van der Waals surface area contributed by atoms with Gasteiger partial charge in [-0.1, -0.05) is 60.3 Å². The number of aliphatic imine (C=N–C) groups is 1. The summed E-state index contributed by atoms with van der Waals surface area (Å²) in [5.74, 6) is 0.0805. The van der Waals surface area contributed by atoms with Crippen LogP contribution >= 0.6 is 11.8 Å². The van der Waals surface area contributed by atoms with Crippen LogP contribution in [0.4, 0.5) is 14.7 Å². The Morgan fingerprint density at radius 3 is 2.51 bits per heavy atom. The minimum Gasteiger partial charge on any atom is -0.338 e. The molecule has 0 aliphatic carbocycles. The van der Waals surface area contributed by atoms with Gasteiger partial charge in [0.1, 0.15) is 16.9 Å². The van der Waals surface area contributed by atoms with E-state index in [0.29, 0.717) is 29.6 Å². The molecule has 0 spiro atoms. The summed E-state index contributed by atoms with van der Waals surface area (Å²) in [5, 5.41) is 3.51. The Bertz CT molecular complexity index is 1270. The van der Waals surface area contributed by atoms with E-state index in [2.05, 4.69) is 15.3 Å². The van der Waals surface area contributed by atoms with Crippen LogP contribution < -0.4 is 10.2 Å². The van der Waals surface area contributed by atoms with Gasteiger partial charge in [-0.15, -0.1) is 0 Å². The predicted octanol–water partition coefficient (Wildman–Crippen LogP) is 4.68. The number of amidine groups is 1. The third-order valence-corrected chi connectivity index (χ3v) is 7.41. The molecule has 5 rings (SSSR count). The number of anilines is 1. The largest absolute Gasteiger partial charge is 0.338 e. The number of hydrogen-bond acceptors (Lipinski definition) is 6. The lowest BCUT2D eigenvalue weighted by molar-refractivity contribution is 0.0977. The maximum Gasteiger partial charge on any atom is 0.257 e. The quantitative estimate of drug-likeness (QED) is 0.571. The molecule has 0 bridgehead atoms. The molecular formula is C26H25F2N5OS. The van der Waals surface area contributed by atoms with E-state index in [1.165, 1.54) is 25.6 Å². The van der Waals surface area contributed by atoms with Gasteiger partial charge in [0.05, 0.1) is 12.7 Å². The first-order valence-corrected chi connectivity index (χ1v) is 12.4. The number of alkyl halides is 1. The van der Waals surface area contributed by atoms with Gasteiger partial charge in [0.25, 0.3) is 5.91 Å². The second kappa shape index (κ2) is 9.03. The van der Waals surface area contributed by atoms with Crippen molar-refractivity contribution >= 4 is 28.8 Å². The van der Waals surface area contributed by atoms with Crippen LogP contribution in [-0.2, 0) is 11.2 Å². The third kappa shape index (κ3) is 4.52. The van der Waals surface area contributed by atoms with Crippen molar-refractivity contribution in [1.29, 1.82) is 0 Å². The number of benzene rings is 2. The summed E-state index contributed by atoms with van der Waals surface area (Å²) >= 11 is 1.49. The van der Waals surface area contributed by atoms with Crippen LogP contribution in [0, 0.1) is 11.7 Å². The van der Waals surface area contributed by atoms with Crippen LogP contribution in [0.1, 0.15) is 35.5 Å². The van der Waals surface area contributed by atoms with Crippen LogP contribution in [0.2, 0.25) is 0 Å². The van der Waals surface area contributed by atoms with Gasteiger partial charge in [0.15, 0.2) is 11.0 Å². The molecular weight excluding hydrogens is 468 g/mol. The van der Waals surface area contributed by atoms with Crippen LogP contribution in [0.5, 0.6) is 0 Å². The molecule has 1 aromatic heterocycles. The van der Waals surface area contributed by atoms with Crippen molar-refractivity contribution < 1.29 is 13.6 Å². The van der Waals surface area contributed by atoms with Crippen molar-refractivity contribution in [1.82, 2.24) is 15.3 Å². The fraction of sp³-hybridized carbons (Fsp3) is 0.308. The van der Waals surface area contributed by atoms with Crippen LogP contribution in [0.25, 0.3) is 0 Å². The molecule has 9 heteroatoms. The molecule has 2 aliphatic heterocycles. The molecule has 1 fully saturated rings. The fourth-order valence-electron chi connectivity index (χ4n) is 4.63. The van der Waals surface area contributed by atoms with E-state index < -0.39 is 17.0 Å². The van der Waals surface area contributed by atoms with Crippen molar-refractivity contribution in [2.24, 2.45) is 10.9 Å². The normalized spacial score (nSPS) is 21.9. The maximum absolute atomic E-state index is 14.6. The number of halogens is 2. The summed E-state index contributed by atoms with van der Waals surface area (Å²) in [7, 11) is 0. The molecule has 1 saturated heterocycles. The Morgan fingerprint density at radius 2 is 1.83 bits per heavy atom. The highest BCUT2D eigenvalue weighted by molar-refractivity contribution is 8.13. The number of thioether (sulfide) groups is 1. The molecule has 0 unspecified atom stereocenters. The standard InChI is InChI=1S/C26H25F2N5OS/c1-25(2,28)21-20(27)13-29-23(30-21)33-14-19-15-35-24(31-22(34)17-9-5-3-6-10-17)32-26(19,16-33)18-11-7-4-8-12-18/h3-13,19H,14-16H2,1-2H3,(H,31,32,34)/t19-,26+/m0/s1. The number of fused-ring (bicyclic) bond motifs is 1. The molecule has 35 heavy (non-hydrogen) atoms. The van der Waals surface area contributed by atoms with E-state index >= 15 is 0 Å². The lowest BCUT2D eigenvalue weighted by Crippen LogP contribution is -2.42. The number of aromatic nitrogens is 2. The van der Waals surface area contributed by atoms with Gasteiger partial charge in [0, 0.05) is 23.8 Å². The zero-order chi connectivity index (χ0) is 24.6. The predicted molar refractivity (Wildman–Crippen MR) is 134 cm³/mol. The first-order chi connectivity index (χ1) is 16.8. The van der Waals surface area contributed by atoms with Crippen molar-refractivity contribution in [3.05, 3.63) is 89.5 Å². The first-order valence-electron chi connectivity index (χ1n) is 11.4. The van der Waals surface area contributed by atoms with Gasteiger partial charge in [-0.25, -0.2) is 23.7 Å². The molecule has 2 aromatic carbocycles. The van der Waals surface area contributed by atoms with E-state index in [-0.39, 0.29) is 23.5 Å². The Hall–Kier alpha value is -3.33. The van der Waals surface area contributed by atoms with E-state index in [0.717, 1.165) is 11.8 Å². The fourth-order valence-corrected chi connectivity index (χ4v) is 5.76. The number of rotatable bonds is 4. The van der Waals surface area contributed by atoms with Crippen LogP contribution in [0.15, 0.2) is 71.9 Å². The van der Waals surface area contributed by atoms with E-state index in [1.54, 1.807) is 12.1 Å². The van der Waals surface area contributed by atoms with Gasteiger partial charge in [-0.3, -0.25) is 4.79 Å². The number of nitrogens with one attached hydrogen (secondary N) is 1. The lowest BCUT2D eigenvalue weighted by atomic mass is 9.82. The second-order valence-electron chi connectivity index (χ2n) is 9.25. The van der Waals surface area contributed by atoms with Gasteiger partial charge in [-0.05, 0) is 31.5 Å². The molecule has 3 heterocycles. The summed E-state index contributed by atoms with van der Waals surface area (Å²) in [6.07, 6.45) is 1.03. The molecule has 3 aromatic rings.